The molecule has 0 unspecified atom stereocenters. The molecule has 3 aromatic carbocycles. The van der Waals surface area contributed by atoms with Crippen molar-refractivity contribution in [2.75, 3.05) is 14.2 Å². The maximum absolute atomic E-state index is 12.5. The third-order valence-electron chi connectivity index (χ3n) is 5.28. The Morgan fingerprint density at radius 1 is 0.625 bits per heavy atom. The molecule has 166 valence electrons. The van der Waals surface area contributed by atoms with Crippen LogP contribution in [0, 0.1) is 13.8 Å². The van der Waals surface area contributed by atoms with E-state index in [0.29, 0.717) is 33.8 Å². The summed E-state index contributed by atoms with van der Waals surface area (Å²) in [6.45, 7) is 3.68. The van der Waals surface area contributed by atoms with Crippen LogP contribution in [-0.4, -0.2) is 26.2 Å². The van der Waals surface area contributed by atoms with Crippen molar-refractivity contribution in [3.63, 3.8) is 0 Å². The molecule has 0 saturated heterocycles. The molecule has 0 N–H and O–H groups in total. The Morgan fingerprint density at radius 3 is 1.28 bits per heavy atom. The number of carbonyl (C=O) groups excluding carboxylic acids is 2. The first kappa shape index (κ1) is 22.9. The fourth-order valence-electron chi connectivity index (χ4n) is 3.52. The molecule has 0 atom stereocenters. The Labute approximate surface area is 187 Å². The number of rotatable bonds is 8. The zero-order valence-corrected chi connectivity index (χ0v) is 18.6. The van der Waals surface area contributed by atoms with E-state index in [1.807, 2.05) is 26.0 Å². The average molecular weight is 434 g/mol. The number of methoxy groups -OCH3 is 2. The standard InChI is InChI=1S/C26H26O6/c1-17-18(2)24(30-4)22(16-32-26(28)20-13-9-6-10-14-20)21(23(17)29-3)15-31-25(27)19-11-7-5-8-12-19/h5-14H,15-16H2,1-4H3. The summed E-state index contributed by atoms with van der Waals surface area (Å²) in [6, 6.07) is 17.5. The molecule has 0 heterocycles. The Balaban J connectivity index is 1.93. The van der Waals surface area contributed by atoms with Crippen LogP contribution in [0.15, 0.2) is 60.7 Å². The normalized spacial score (nSPS) is 10.4. The number of esters is 2. The molecule has 32 heavy (non-hydrogen) atoms. The summed E-state index contributed by atoms with van der Waals surface area (Å²) in [5.74, 6) is 0.207. The largest absolute Gasteiger partial charge is 0.496 e. The lowest BCUT2D eigenvalue weighted by Gasteiger charge is -2.22. The van der Waals surface area contributed by atoms with Gasteiger partial charge in [0, 0.05) is 11.1 Å². The quantitative estimate of drug-likeness (QED) is 0.463. The van der Waals surface area contributed by atoms with Gasteiger partial charge in [0.1, 0.15) is 24.7 Å². The van der Waals surface area contributed by atoms with Crippen molar-refractivity contribution in [2.45, 2.75) is 27.1 Å². The lowest BCUT2D eigenvalue weighted by Crippen LogP contribution is -2.13. The van der Waals surface area contributed by atoms with Crippen molar-refractivity contribution in [3.8, 4) is 11.5 Å². The Hall–Kier alpha value is -3.80. The van der Waals surface area contributed by atoms with Crippen LogP contribution in [0.1, 0.15) is 43.0 Å². The first-order chi connectivity index (χ1) is 15.5. The summed E-state index contributed by atoms with van der Waals surface area (Å²) in [6.07, 6.45) is 0. The molecule has 6 heteroatoms. The van der Waals surface area contributed by atoms with E-state index >= 15 is 0 Å². The maximum Gasteiger partial charge on any atom is 0.338 e. The van der Waals surface area contributed by atoms with Crippen molar-refractivity contribution in [3.05, 3.63) is 94.0 Å². The van der Waals surface area contributed by atoms with Gasteiger partial charge in [-0.1, -0.05) is 36.4 Å². The first-order valence-corrected chi connectivity index (χ1v) is 10.1. The Bertz CT molecular complexity index is 1000. The molecule has 0 bridgehead atoms. The van der Waals surface area contributed by atoms with E-state index in [-0.39, 0.29) is 13.2 Å². The molecule has 0 fully saturated rings. The molecule has 0 saturated carbocycles. The summed E-state index contributed by atoms with van der Waals surface area (Å²) in [7, 11) is 3.10. The van der Waals surface area contributed by atoms with Crippen LogP contribution in [0.25, 0.3) is 0 Å². The van der Waals surface area contributed by atoms with E-state index in [9.17, 15) is 9.59 Å². The van der Waals surface area contributed by atoms with Crippen molar-refractivity contribution in [1.29, 1.82) is 0 Å². The Morgan fingerprint density at radius 2 is 0.969 bits per heavy atom. The highest BCUT2D eigenvalue weighted by atomic mass is 16.5. The van der Waals surface area contributed by atoms with E-state index in [1.54, 1.807) is 62.8 Å². The number of hydrogen-bond donors (Lipinski definition) is 0. The summed E-state index contributed by atoms with van der Waals surface area (Å²) < 4.78 is 22.4. The molecule has 0 amide bonds. The van der Waals surface area contributed by atoms with Crippen LogP contribution in [0.5, 0.6) is 11.5 Å². The van der Waals surface area contributed by atoms with Gasteiger partial charge in [0.15, 0.2) is 0 Å². The number of hydrogen-bond acceptors (Lipinski definition) is 6. The molecular weight excluding hydrogens is 408 g/mol. The molecular formula is C26H26O6. The first-order valence-electron chi connectivity index (χ1n) is 10.1. The molecule has 0 aliphatic heterocycles. The molecule has 3 aromatic rings. The van der Waals surface area contributed by atoms with E-state index < -0.39 is 11.9 Å². The van der Waals surface area contributed by atoms with Crippen molar-refractivity contribution in [2.24, 2.45) is 0 Å². The van der Waals surface area contributed by atoms with Crippen LogP contribution in [0.2, 0.25) is 0 Å². The zero-order chi connectivity index (χ0) is 23.1. The number of benzene rings is 3. The van der Waals surface area contributed by atoms with Crippen LogP contribution < -0.4 is 9.47 Å². The van der Waals surface area contributed by atoms with Gasteiger partial charge >= 0.3 is 11.9 Å². The van der Waals surface area contributed by atoms with Gasteiger partial charge in [-0.3, -0.25) is 0 Å². The Kier molecular flexibility index (Phi) is 7.49. The van der Waals surface area contributed by atoms with Gasteiger partial charge in [-0.2, -0.15) is 0 Å². The summed E-state index contributed by atoms with van der Waals surface area (Å²) >= 11 is 0. The summed E-state index contributed by atoms with van der Waals surface area (Å²) in [5, 5.41) is 0. The molecule has 0 radical (unpaired) electrons. The van der Waals surface area contributed by atoms with Crippen LogP contribution in [0.4, 0.5) is 0 Å². The average Bonchev–Trinajstić information content (AvgIpc) is 2.84. The van der Waals surface area contributed by atoms with Crippen LogP contribution in [-0.2, 0) is 22.7 Å². The lowest BCUT2D eigenvalue weighted by molar-refractivity contribution is 0.0430. The molecule has 0 aliphatic carbocycles. The third kappa shape index (κ3) is 4.91. The van der Waals surface area contributed by atoms with Crippen LogP contribution in [0.3, 0.4) is 0 Å². The van der Waals surface area contributed by atoms with E-state index in [0.717, 1.165) is 11.1 Å². The predicted molar refractivity (Wildman–Crippen MR) is 120 cm³/mol. The van der Waals surface area contributed by atoms with Gasteiger partial charge in [-0.15, -0.1) is 0 Å². The second-order valence-corrected chi connectivity index (χ2v) is 7.16. The molecule has 0 aliphatic rings. The van der Waals surface area contributed by atoms with E-state index in [1.165, 1.54) is 0 Å². The SMILES string of the molecule is COc1c(C)c(C)c(OC)c(COC(=O)c2ccccc2)c1COC(=O)c1ccccc1. The van der Waals surface area contributed by atoms with E-state index in [4.69, 9.17) is 18.9 Å². The second kappa shape index (κ2) is 10.5. The number of ether oxygens (including phenoxy) is 4. The minimum Gasteiger partial charge on any atom is -0.496 e. The molecule has 0 spiro atoms. The fourth-order valence-corrected chi connectivity index (χ4v) is 3.52. The second-order valence-electron chi connectivity index (χ2n) is 7.16. The summed E-state index contributed by atoms with van der Waals surface area (Å²) in [5.41, 5.74) is 3.79. The highest BCUT2D eigenvalue weighted by Crippen LogP contribution is 2.39. The molecule has 6 nitrogen and oxygen atoms in total. The highest BCUT2D eigenvalue weighted by Gasteiger charge is 2.24. The van der Waals surface area contributed by atoms with Crippen LogP contribution >= 0.6 is 0 Å². The fraction of sp³-hybridized carbons (Fsp3) is 0.231. The number of carbonyl (C=O) groups is 2. The zero-order valence-electron chi connectivity index (χ0n) is 18.6. The van der Waals surface area contributed by atoms with Gasteiger partial charge in [0.05, 0.1) is 25.3 Å². The van der Waals surface area contributed by atoms with E-state index in [2.05, 4.69) is 0 Å². The lowest BCUT2D eigenvalue weighted by atomic mass is 9.97. The van der Waals surface area contributed by atoms with Gasteiger partial charge in [-0.05, 0) is 49.2 Å². The van der Waals surface area contributed by atoms with Gasteiger partial charge in [-0.25, -0.2) is 9.59 Å². The van der Waals surface area contributed by atoms with Crippen molar-refractivity contribution >= 4 is 11.9 Å². The minimum absolute atomic E-state index is 0.0629. The maximum atomic E-state index is 12.5. The van der Waals surface area contributed by atoms with Crippen molar-refractivity contribution in [1.82, 2.24) is 0 Å². The van der Waals surface area contributed by atoms with Gasteiger partial charge < -0.3 is 18.9 Å². The third-order valence-corrected chi connectivity index (χ3v) is 5.28. The molecule has 3 rings (SSSR count). The van der Waals surface area contributed by atoms with Gasteiger partial charge in [0.2, 0.25) is 0 Å². The summed E-state index contributed by atoms with van der Waals surface area (Å²) in [4.78, 5) is 25.0. The van der Waals surface area contributed by atoms with Gasteiger partial charge in [0.25, 0.3) is 0 Å². The minimum atomic E-state index is -0.461. The monoisotopic (exact) mass is 434 g/mol. The highest BCUT2D eigenvalue weighted by molar-refractivity contribution is 5.90. The van der Waals surface area contributed by atoms with Crippen molar-refractivity contribution < 1.29 is 28.5 Å². The molecule has 0 aromatic heterocycles. The predicted octanol–water partition coefficient (Wildman–Crippen LogP) is 5.03. The smallest absolute Gasteiger partial charge is 0.338 e. The topological polar surface area (TPSA) is 71.1 Å².